The average molecular weight is 356 g/mol. The van der Waals surface area contributed by atoms with Gasteiger partial charge in [-0.3, -0.25) is 9.59 Å². The van der Waals surface area contributed by atoms with Gasteiger partial charge in [0.1, 0.15) is 11.6 Å². The number of carbonyl (C=O) groups is 2. The van der Waals surface area contributed by atoms with E-state index in [0.29, 0.717) is 16.9 Å². The fourth-order valence-electron chi connectivity index (χ4n) is 2.28. The van der Waals surface area contributed by atoms with Gasteiger partial charge in [-0.25, -0.2) is 4.39 Å². The maximum absolute atomic E-state index is 13.1. The van der Waals surface area contributed by atoms with Crippen molar-refractivity contribution in [2.75, 3.05) is 0 Å². The van der Waals surface area contributed by atoms with E-state index in [0.717, 1.165) is 0 Å². The summed E-state index contributed by atoms with van der Waals surface area (Å²) in [6.45, 7) is 1.52. The third kappa shape index (κ3) is 5.31. The molecule has 0 aromatic heterocycles. The molecule has 134 valence electrons. The van der Waals surface area contributed by atoms with Crippen LogP contribution in [0.1, 0.15) is 30.5 Å². The lowest BCUT2D eigenvalue weighted by Crippen LogP contribution is -2.39. The fraction of sp³-hybridized carbons (Fsp3) is 0.211. The molecule has 2 N–H and O–H groups in total. The van der Waals surface area contributed by atoms with Gasteiger partial charge in [0.15, 0.2) is 6.10 Å². The van der Waals surface area contributed by atoms with Crippen molar-refractivity contribution in [2.45, 2.75) is 25.5 Å². The number of aliphatic carboxylic acids is 1. The Morgan fingerprint density at radius 2 is 1.81 bits per heavy atom. The molecule has 2 rings (SSSR count). The summed E-state index contributed by atoms with van der Waals surface area (Å²) >= 11 is 0. The zero-order valence-corrected chi connectivity index (χ0v) is 14.0. The van der Waals surface area contributed by atoms with Gasteiger partial charge in [0.2, 0.25) is 0 Å². The van der Waals surface area contributed by atoms with Crippen LogP contribution in [0.4, 0.5) is 4.39 Å². The molecule has 0 saturated carbocycles. The zero-order valence-electron chi connectivity index (χ0n) is 14.0. The number of nitrogens with zero attached hydrogens (tertiary/aromatic N) is 1. The number of hydrogen-bond donors (Lipinski definition) is 2. The number of ether oxygens (including phenoxy) is 1. The lowest BCUT2D eigenvalue weighted by atomic mass is 10.0. The van der Waals surface area contributed by atoms with Gasteiger partial charge in [0, 0.05) is 0 Å². The number of carboxylic acids is 1. The first-order valence-corrected chi connectivity index (χ1v) is 7.83. The Morgan fingerprint density at radius 3 is 2.35 bits per heavy atom. The summed E-state index contributed by atoms with van der Waals surface area (Å²) in [6, 6.07) is 12.7. The van der Waals surface area contributed by atoms with Crippen LogP contribution in [0.25, 0.3) is 0 Å². The lowest BCUT2D eigenvalue weighted by molar-refractivity contribution is -0.138. The van der Waals surface area contributed by atoms with Gasteiger partial charge < -0.3 is 15.2 Å². The van der Waals surface area contributed by atoms with Crippen LogP contribution in [0.2, 0.25) is 0 Å². The van der Waals surface area contributed by atoms with E-state index in [1.54, 1.807) is 24.3 Å². The average Bonchev–Trinajstić information content (AvgIpc) is 2.62. The summed E-state index contributed by atoms with van der Waals surface area (Å²) in [6.07, 6.45) is -1.24. The first-order chi connectivity index (χ1) is 12.4. The monoisotopic (exact) mass is 356 g/mol. The number of nitrogens with one attached hydrogen (secondary N) is 1. The van der Waals surface area contributed by atoms with Crippen LogP contribution in [0.3, 0.4) is 0 Å². The molecule has 2 atom stereocenters. The minimum Gasteiger partial charge on any atom is -0.481 e. The summed E-state index contributed by atoms with van der Waals surface area (Å²) in [5, 5.41) is 20.4. The highest BCUT2D eigenvalue weighted by molar-refractivity contribution is 5.82. The molecule has 0 unspecified atom stereocenters. The Morgan fingerprint density at radius 1 is 1.19 bits per heavy atom. The third-order valence-electron chi connectivity index (χ3n) is 3.63. The Bertz CT molecular complexity index is 813. The smallest absolute Gasteiger partial charge is 0.305 e. The molecule has 7 heteroatoms. The van der Waals surface area contributed by atoms with Crippen molar-refractivity contribution in [1.29, 1.82) is 5.26 Å². The van der Waals surface area contributed by atoms with E-state index in [9.17, 15) is 14.0 Å². The molecule has 0 aliphatic heterocycles. The van der Waals surface area contributed by atoms with E-state index in [1.807, 2.05) is 6.07 Å². The Hall–Kier alpha value is -3.40. The highest BCUT2D eigenvalue weighted by Gasteiger charge is 2.22. The minimum absolute atomic E-state index is 0.346. The summed E-state index contributed by atoms with van der Waals surface area (Å²) in [4.78, 5) is 23.4. The predicted octanol–water partition coefficient (Wildman–Crippen LogP) is 2.80. The molecular weight excluding hydrogens is 339 g/mol. The molecule has 6 nitrogen and oxygen atoms in total. The number of rotatable bonds is 7. The number of carboxylic acid groups (broad SMARTS) is 1. The number of nitriles is 1. The van der Waals surface area contributed by atoms with Crippen LogP contribution in [0.5, 0.6) is 5.75 Å². The molecule has 0 aliphatic rings. The number of hydrogen-bond acceptors (Lipinski definition) is 4. The van der Waals surface area contributed by atoms with Gasteiger partial charge in [-0.1, -0.05) is 12.1 Å². The van der Waals surface area contributed by atoms with E-state index < -0.39 is 29.8 Å². The SMILES string of the molecule is C[C@H](Oc1ccc(C#N)cc1)C(=O)N[C@@H](CC(=O)O)c1ccc(F)cc1. The molecule has 2 aromatic carbocycles. The highest BCUT2D eigenvalue weighted by atomic mass is 19.1. The number of benzene rings is 2. The summed E-state index contributed by atoms with van der Waals surface area (Å²) in [5.41, 5.74) is 0.944. The van der Waals surface area contributed by atoms with Crippen LogP contribution in [-0.2, 0) is 9.59 Å². The van der Waals surface area contributed by atoms with Crippen LogP contribution >= 0.6 is 0 Å². The van der Waals surface area contributed by atoms with E-state index in [2.05, 4.69) is 5.32 Å². The zero-order chi connectivity index (χ0) is 19.1. The standard InChI is InChI=1S/C19H17FN2O4/c1-12(26-16-8-2-13(11-21)3-9-16)19(25)22-17(10-18(23)24)14-4-6-15(20)7-5-14/h2-9,12,17H,10H2,1H3,(H,22,25)(H,23,24)/t12-,17-/m0/s1. The molecule has 2 aromatic rings. The molecule has 0 spiro atoms. The van der Waals surface area contributed by atoms with Crippen molar-refractivity contribution in [3.05, 3.63) is 65.5 Å². The van der Waals surface area contributed by atoms with Gasteiger partial charge in [0.25, 0.3) is 5.91 Å². The van der Waals surface area contributed by atoms with Gasteiger partial charge in [0.05, 0.1) is 24.1 Å². The quantitative estimate of drug-likeness (QED) is 0.795. The van der Waals surface area contributed by atoms with Gasteiger partial charge in [-0.15, -0.1) is 0 Å². The van der Waals surface area contributed by atoms with Crippen LogP contribution < -0.4 is 10.1 Å². The van der Waals surface area contributed by atoms with E-state index >= 15 is 0 Å². The number of halogens is 1. The number of carbonyl (C=O) groups excluding carboxylic acids is 1. The van der Waals surface area contributed by atoms with E-state index in [-0.39, 0.29) is 6.42 Å². The molecule has 1 amide bonds. The molecule has 0 saturated heterocycles. The maximum atomic E-state index is 13.1. The summed E-state index contributed by atoms with van der Waals surface area (Å²) in [5.74, 6) is -1.65. The fourth-order valence-corrected chi connectivity index (χ4v) is 2.28. The maximum Gasteiger partial charge on any atom is 0.305 e. The lowest BCUT2D eigenvalue weighted by Gasteiger charge is -2.21. The summed E-state index contributed by atoms with van der Waals surface area (Å²) in [7, 11) is 0. The Labute approximate surface area is 149 Å². The largest absolute Gasteiger partial charge is 0.481 e. The second-order valence-corrected chi connectivity index (χ2v) is 5.61. The second kappa shape index (κ2) is 8.62. The molecule has 0 heterocycles. The van der Waals surface area contributed by atoms with Gasteiger partial charge in [-0.05, 0) is 48.9 Å². The van der Waals surface area contributed by atoms with Crippen molar-refractivity contribution >= 4 is 11.9 Å². The normalized spacial score (nSPS) is 12.5. The topological polar surface area (TPSA) is 99.4 Å². The minimum atomic E-state index is -1.10. The molecule has 0 radical (unpaired) electrons. The van der Waals surface area contributed by atoms with Crippen LogP contribution in [0.15, 0.2) is 48.5 Å². The van der Waals surface area contributed by atoms with Crippen molar-refractivity contribution in [2.24, 2.45) is 0 Å². The van der Waals surface area contributed by atoms with Crippen molar-refractivity contribution < 1.29 is 23.8 Å². The number of amides is 1. The molecule has 0 bridgehead atoms. The second-order valence-electron chi connectivity index (χ2n) is 5.61. The van der Waals surface area contributed by atoms with Gasteiger partial charge >= 0.3 is 5.97 Å². The van der Waals surface area contributed by atoms with Crippen LogP contribution in [0, 0.1) is 17.1 Å². The molecule has 0 fully saturated rings. The molecular formula is C19H17FN2O4. The van der Waals surface area contributed by atoms with E-state index in [4.69, 9.17) is 15.1 Å². The third-order valence-corrected chi connectivity index (χ3v) is 3.63. The first kappa shape index (κ1) is 18.9. The predicted molar refractivity (Wildman–Crippen MR) is 90.8 cm³/mol. The van der Waals surface area contributed by atoms with Crippen molar-refractivity contribution in [1.82, 2.24) is 5.32 Å². The van der Waals surface area contributed by atoms with Crippen LogP contribution in [-0.4, -0.2) is 23.1 Å². The molecule has 0 aliphatic carbocycles. The highest BCUT2D eigenvalue weighted by Crippen LogP contribution is 2.19. The molecule has 26 heavy (non-hydrogen) atoms. The van der Waals surface area contributed by atoms with Gasteiger partial charge in [-0.2, -0.15) is 5.26 Å². The van der Waals surface area contributed by atoms with Crippen molar-refractivity contribution in [3.63, 3.8) is 0 Å². The van der Waals surface area contributed by atoms with E-state index in [1.165, 1.54) is 31.2 Å². The Kier molecular flexibility index (Phi) is 6.28. The first-order valence-electron chi connectivity index (χ1n) is 7.83. The van der Waals surface area contributed by atoms with Crippen molar-refractivity contribution in [3.8, 4) is 11.8 Å². The summed E-state index contributed by atoms with van der Waals surface area (Å²) < 4.78 is 18.6. The Balaban J connectivity index is 2.06.